The molecule has 1 aliphatic rings. The zero-order valence-electron chi connectivity index (χ0n) is 20.7. The normalized spacial score (nSPS) is 19.1. The molecule has 1 aromatic heterocycles. The fourth-order valence-electron chi connectivity index (χ4n) is 4.01. The summed E-state index contributed by atoms with van der Waals surface area (Å²) in [6.07, 6.45) is 4.75. The number of methoxy groups -OCH3 is 1. The Morgan fingerprint density at radius 3 is 2.44 bits per heavy atom. The number of ether oxygens (including phenoxy) is 2. The summed E-state index contributed by atoms with van der Waals surface area (Å²) in [5.74, 6) is 0.758. The average molecular weight is 510 g/mol. The number of benzene rings is 1. The molecule has 2 aromatic rings. The second-order valence-corrected chi connectivity index (χ2v) is 12.6. The van der Waals surface area contributed by atoms with Crippen molar-refractivity contribution in [1.82, 2.24) is 15.0 Å². The van der Waals surface area contributed by atoms with Gasteiger partial charge in [0.2, 0.25) is 10.0 Å². The molecule has 0 atom stereocenters. The first kappa shape index (κ1) is 26.4. The lowest BCUT2D eigenvalue weighted by Gasteiger charge is -2.28. The van der Waals surface area contributed by atoms with Gasteiger partial charge in [0.1, 0.15) is 5.75 Å². The molecule has 8 nitrogen and oxygen atoms in total. The van der Waals surface area contributed by atoms with Crippen LogP contribution in [0.1, 0.15) is 71.2 Å². The summed E-state index contributed by atoms with van der Waals surface area (Å²) >= 11 is 1.52. The van der Waals surface area contributed by atoms with Crippen molar-refractivity contribution in [2.24, 2.45) is 0 Å². The van der Waals surface area contributed by atoms with Crippen LogP contribution in [0.25, 0.3) is 10.4 Å². The van der Waals surface area contributed by atoms with E-state index < -0.39 is 15.6 Å². The molecule has 188 valence electrons. The van der Waals surface area contributed by atoms with Crippen molar-refractivity contribution >= 4 is 27.5 Å². The molecule has 1 amide bonds. The first-order valence-corrected chi connectivity index (χ1v) is 13.8. The zero-order chi connectivity index (χ0) is 25.1. The van der Waals surface area contributed by atoms with Crippen molar-refractivity contribution in [2.45, 2.75) is 88.8 Å². The summed E-state index contributed by atoms with van der Waals surface area (Å²) in [4.78, 5) is 17.5. The van der Waals surface area contributed by atoms with Crippen LogP contribution < -0.4 is 14.8 Å². The number of hydrogen-bond donors (Lipinski definition) is 2. The van der Waals surface area contributed by atoms with Crippen molar-refractivity contribution in [1.29, 1.82) is 0 Å². The molecule has 34 heavy (non-hydrogen) atoms. The van der Waals surface area contributed by atoms with Crippen LogP contribution >= 0.6 is 11.3 Å². The third-order valence-electron chi connectivity index (χ3n) is 5.45. The summed E-state index contributed by atoms with van der Waals surface area (Å²) in [6.45, 7) is 9.08. The molecule has 1 aromatic carbocycles. The fraction of sp³-hybridized carbons (Fsp3) is 0.583. The number of rotatable bonds is 7. The fourth-order valence-corrected chi connectivity index (χ4v) is 6.86. The van der Waals surface area contributed by atoms with E-state index in [9.17, 15) is 13.2 Å². The number of nitrogens with one attached hydrogen (secondary N) is 2. The third-order valence-corrected chi connectivity index (χ3v) is 8.44. The third kappa shape index (κ3) is 6.93. The van der Waals surface area contributed by atoms with Crippen LogP contribution in [0.3, 0.4) is 0 Å². The van der Waals surface area contributed by atoms with Gasteiger partial charge in [-0.15, -0.1) is 11.3 Å². The highest BCUT2D eigenvalue weighted by Crippen LogP contribution is 2.40. The number of aromatic nitrogens is 1. The second kappa shape index (κ2) is 10.6. The predicted octanol–water partition coefficient (Wildman–Crippen LogP) is 5.06. The minimum absolute atomic E-state index is 0.101. The number of nitrogens with zero attached hydrogens (tertiary/aromatic N) is 1. The van der Waals surface area contributed by atoms with Gasteiger partial charge in [0.25, 0.3) is 0 Å². The van der Waals surface area contributed by atoms with Crippen molar-refractivity contribution in [3.05, 3.63) is 29.4 Å². The van der Waals surface area contributed by atoms with Crippen LogP contribution in [0.5, 0.6) is 5.75 Å². The molecule has 2 N–H and O–H groups in total. The van der Waals surface area contributed by atoms with Gasteiger partial charge in [-0.3, -0.25) is 0 Å². The Bertz CT molecular complexity index is 1100. The molecule has 0 saturated heterocycles. The lowest BCUT2D eigenvalue weighted by Crippen LogP contribution is -2.40. The molecular formula is C24H35N3O5S2. The molecule has 0 spiro atoms. The van der Waals surface area contributed by atoms with Crippen LogP contribution in [0.4, 0.5) is 4.79 Å². The van der Waals surface area contributed by atoms with Crippen LogP contribution in [-0.2, 0) is 14.8 Å². The molecule has 1 saturated carbocycles. The maximum atomic E-state index is 13.2. The maximum Gasteiger partial charge on any atom is 0.407 e. The van der Waals surface area contributed by atoms with Crippen LogP contribution in [0.2, 0.25) is 0 Å². The van der Waals surface area contributed by atoms with Gasteiger partial charge >= 0.3 is 6.09 Å². The van der Waals surface area contributed by atoms with E-state index in [1.165, 1.54) is 18.4 Å². The predicted molar refractivity (Wildman–Crippen MR) is 134 cm³/mol. The van der Waals surface area contributed by atoms with Crippen molar-refractivity contribution in [3.63, 3.8) is 0 Å². The standard InChI is InChI=1S/C24H35N3O5S2/c1-15(2)32-23(28)26-17-9-7-16(8-10-17)22-25-14-20(33-22)19-12-11-18(31-6)13-21(19)34(29,30)27-24(3,4)5/h11-17,27H,7-10H2,1-6H3,(H,26,28)/t16-,17-. The molecule has 1 fully saturated rings. The van der Waals surface area contributed by atoms with E-state index in [0.29, 0.717) is 11.3 Å². The Hall–Kier alpha value is -2.17. The first-order valence-electron chi connectivity index (χ1n) is 11.5. The summed E-state index contributed by atoms with van der Waals surface area (Å²) in [5.41, 5.74) is -0.0140. The van der Waals surface area contributed by atoms with E-state index in [4.69, 9.17) is 9.47 Å². The quantitative estimate of drug-likeness (QED) is 0.541. The summed E-state index contributed by atoms with van der Waals surface area (Å²) in [7, 11) is -2.26. The molecule has 3 rings (SSSR count). The van der Waals surface area contributed by atoms with Gasteiger partial charge in [-0.25, -0.2) is 22.9 Å². The number of hydrogen-bond acceptors (Lipinski definition) is 7. The monoisotopic (exact) mass is 509 g/mol. The number of carbonyl (C=O) groups is 1. The second-order valence-electron chi connectivity index (χ2n) is 9.93. The Labute approximate surface area is 206 Å². The molecular weight excluding hydrogens is 474 g/mol. The highest BCUT2D eigenvalue weighted by atomic mass is 32.2. The Kier molecular flexibility index (Phi) is 8.26. The van der Waals surface area contributed by atoms with E-state index in [0.717, 1.165) is 35.6 Å². The first-order chi connectivity index (χ1) is 15.9. The highest BCUT2D eigenvalue weighted by molar-refractivity contribution is 7.89. The highest BCUT2D eigenvalue weighted by Gasteiger charge is 2.29. The molecule has 1 aliphatic carbocycles. The minimum atomic E-state index is -3.78. The molecule has 10 heteroatoms. The minimum Gasteiger partial charge on any atom is -0.497 e. The number of carbonyl (C=O) groups excluding carboxylic acids is 1. The van der Waals surface area contributed by atoms with Gasteiger partial charge in [-0.1, -0.05) is 0 Å². The maximum absolute atomic E-state index is 13.2. The molecule has 1 heterocycles. The molecule has 0 radical (unpaired) electrons. The molecule has 0 aliphatic heterocycles. The Morgan fingerprint density at radius 2 is 1.85 bits per heavy atom. The van der Waals surface area contributed by atoms with Crippen LogP contribution in [0, 0.1) is 0 Å². The number of alkyl carbamates (subject to hydrolysis) is 1. The number of sulfonamides is 1. The molecule has 0 bridgehead atoms. The van der Waals surface area contributed by atoms with E-state index in [-0.39, 0.29) is 29.1 Å². The van der Waals surface area contributed by atoms with Gasteiger partial charge in [0.15, 0.2) is 0 Å². The van der Waals surface area contributed by atoms with Crippen LogP contribution in [-0.4, -0.2) is 44.3 Å². The smallest absolute Gasteiger partial charge is 0.407 e. The van der Waals surface area contributed by atoms with Gasteiger partial charge < -0.3 is 14.8 Å². The zero-order valence-corrected chi connectivity index (χ0v) is 22.3. The topological polar surface area (TPSA) is 107 Å². The number of amides is 1. The lowest BCUT2D eigenvalue weighted by atomic mass is 9.86. The summed E-state index contributed by atoms with van der Waals surface area (Å²) in [6, 6.07) is 5.19. The van der Waals surface area contributed by atoms with Crippen molar-refractivity contribution < 1.29 is 22.7 Å². The largest absolute Gasteiger partial charge is 0.497 e. The van der Waals surface area contributed by atoms with Crippen LogP contribution in [0.15, 0.2) is 29.3 Å². The SMILES string of the molecule is COc1ccc(-c2cnc([C@H]3CC[C@H](NC(=O)OC(C)C)CC3)s2)c(S(=O)(=O)NC(C)(C)C)c1. The Balaban J connectivity index is 1.77. The van der Waals surface area contributed by atoms with Gasteiger partial charge in [-0.2, -0.15) is 0 Å². The Morgan fingerprint density at radius 1 is 1.18 bits per heavy atom. The van der Waals surface area contributed by atoms with E-state index >= 15 is 0 Å². The average Bonchev–Trinajstić information content (AvgIpc) is 3.21. The number of thiazole rings is 1. The summed E-state index contributed by atoms with van der Waals surface area (Å²) < 4.78 is 39.6. The van der Waals surface area contributed by atoms with Crippen molar-refractivity contribution in [2.75, 3.05) is 7.11 Å². The van der Waals surface area contributed by atoms with Gasteiger partial charge in [0.05, 0.1) is 28.0 Å². The van der Waals surface area contributed by atoms with E-state index in [1.54, 1.807) is 24.4 Å². The molecule has 0 unspecified atom stereocenters. The van der Waals surface area contributed by atoms with E-state index in [2.05, 4.69) is 15.0 Å². The van der Waals surface area contributed by atoms with Gasteiger partial charge in [-0.05, 0) is 72.4 Å². The van der Waals surface area contributed by atoms with E-state index in [1.807, 2.05) is 34.6 Å². The summed E-state index contributed by atoms with van der Waals surface area (Å²) in [5, 5.41) is 3.93. The van der Waals surface area contributed by atoms with Crippen molar-refractivity contribution in [3.8, 4) is 16.2 Å². The van der Waals surface area contributed by atoms with Gasteiger partial charge in [0, 0.05) is 35.3 Å². The lowest BCUT2D eigenvalue weighted by molar-refractivity contribution is 0.109.